The third kappa shape index (κ3) is 3.44. The van der Waals surface area contributed by atoms with Crippen molar-refractivity contribution in [2.24, 2.45) is 0 Å². The Morgan fingerprint density at radius 2 is 2.08 bits per heavy atom. The quantitative estimate of drug-likeness (QED) is 0.827. The van der Waals surface area contributed by atoms with Gasteiger partial charge in [-0.1, -0.05) is 31.2 Å². The topological polar surface area (TPSA) is 49.8 Å². The molecule has 126 valence electrons. The number of likely N-dealkylation sites (tertiary alicyclic amines) is 1. The molecule has 3 rings (SSSR count). The van der Waals surface area contributed by atoms with Crippen LogP contribution in [0.2, 0.25) is 0 Å². The van der Waals surface area contributed by atoms with Crippen LogP contribution < -0.4 is 4.74 Å². The average molecular weight is 325 g/mol. The van der Waals surface area contributed by atoms with Crippen molar-refractivity contribution in [3.05, 3.63) is 59.2 Å². The van der Waals surface area contributed by atoms with Gasteiger partial charge in [-0.25, -0.2) is 0 Å². The lowest BCUT2D eigenvalue weighted by molar-refractivity contribution is -0.117. The van der Waals surface area contributed by atoms with Gasteiger partial charge in [0.1, 0.15) is 11.5 Å². The fraction of sp³-hybridized carbons (Fsp3) is 0.350. The zero-order chi connectivity index (χ0) is 16.9. The van der Waals surface area contributed by atoms with Gasteiger partial charge in [-0.15, -0.1) is 0 Å². The van der Waals surface area contributed by atoms with Crippen LogP contribution in [-0.2, 0) is 17.8 Å². The van der Waals surface area contributed by atoms with Crippen molar-refractivity contribution >= 4 is 6.41 Å². The number of aliphatic hydroxyl groups excluding tert-OH is 1. The van der Waals surface area contributed by atoms with Crippen LogP contribution in [0.3, 0.4) is 0 Å². The highest BCUT2D eigenvalue weighted by molar-refractivity contribution is 5.49. The van der Waals surface area contributed by atoms with Crippen molar-refractivity contribution < 1.29 is 14.6 Å². The zero-order valence-electron chi connectivity index (χ0n) is 13.9. The van der Waals surface area contributed by atoms with E-state index in [1.54, 1.807) is 4.90 Å². The van der Waals surface area contributed by atoms with Crippen LogP contribution in [0.1, 0.15) is 36.0 Å². The summed E-state index contributed by atoms with van der Waals surface area (Å²) in [5.41, 5.74) is 3.14. The van der Waals surface area contributed by atoms with E-state index < -0.39 is 0 Å². The fourth-order valence-electron chi connectivity index (χ4n) is 3.34. The number of hydrogen-bond donors (Lipinski definition) is 1. The number of ether oxygens (including phenoxy) is 1. The van der Waals surface area contributed by atoms with Crippen LogP contribution in [0, 0.1) is 0 Å². The van der Waals surface area contributed by atoms with Crippen LogP contribution in [0.5, 0.6) is 11.5 Å². The first-order valence-electron chi connectivity index (χ1n) is 8.44. The van der Waals surface area contributed by atoms with Crippen molar-refractivity contribution in [1.29, 1.82) is 0 Å². The van der Waals surface area contributed by atoms with E-state index in [4.69, 9.17) is 4.74 Å². The molecule has 0 radical (unpaired) electrons. The molecule has 1 atom stereocenters. The number of amides is 1. The number of nitrogens with zero attached hydrogens (tertiary/aromatic N) is 1. The molecule has 4 nitrogen and oxygen atoms in total. The van der Waals surface area contributed by atoms with Gasteiger partial charge in [-0.3, -0.25) is 4.79 Å². The smallest absolute Gasteiger partial charge is 0.209 e. The van der Waals surface area contributed by atoms with Crippen molar-refractivity contribution in [3.8, 4) is 11.5 Å². The van der Waals surface area contributed by atoms with Gasteiger partial charge in [-0.2, -0.15) is 0 Å². The monoisotopic (exact) mass is 325 g/mol. The van der Waals surface area contributed by atoms with Gasteiger partial charge in [0.05, 0.1) is 6.61 Å². The van der Waals surface area contributed by atoms with Crippen LogP contribution in [0.15, 0.2) is 42.5 Å². The van der Waals surface area contributed by atoms with Crippen molar-refractivity contribution in [2.75, 3.05) is 13.1 Å². The highest BCUT2D eigenvalue weighted by atomic mass is 16.5. The molecule has 1 heterocycles. The SMILES string of the molecule is CCc1ccccc1Oc1ccc(C2CCN(C=O)C2)c(CO)c1. The first-order chi connectivity index (χ1) is 11.7. The summed E-state index contributed by atoms with van der Waals surface area (Å²) in [7, 11) is 0. The molecule has 1 fully saturated rings. The molecule has 2 aromatic carbocycles. The molecule has 0 aromatic heterocycles. The van der Waals surface area contributed by atoms with E-state index in [0.29, 0.717) is 0 Å². The first kappa shape index (κ1) is 16.5. The number of carbonyl (C=O) groups excluding carboxylic acids is 1. The second-order valence-electron chi connectivity index (χ2n) is 6.17. The highest BCUT2D eigenvalue weighted by Crippen LogP contribution is 2.33. The van der Waals surface area contributed by atoms with Gasteiger partial charge in [-0.05, 0) is 47.7 Å². The summed E-state index contributed by atoms with van der Waals surface area (Å²) in [5, 5.41) is 9.75. The van der Waals surface area contributed by atoms with Gasteiger partial charge in [0, 0.05) is 19.0 Å². The summed E-state index contributed by atoms with van der Waals surface area (Å²) < 4.78 is 6.03. The Balaban J connectivity index is 1.83. The molecule has 1 N–H and O–H groups in total. The molecule has 1 aliphatic heterocycles. The first-order valence-corrected chi connectivity index (χ1v) is 8.44. The lowest BCUT2D eigenvalue weighted by atomic mass is 9.93. The van der Waals surface area contributed by atoms with Crippen molar-refractivity contribution in [3.63, 3.8) is 0 Å². The predicted octanol–water partition coefficient (Wildman–Crippen LogP) is 3.48. The lowest BCUT2D eigenvalue weighted by Crippen LogP contribution is -2.17. The maximum absolute atomic E-state index is 10.9. The van der Waals surface area contributed by atoms with Gasteiger partial charge in [0.2, 0.25) is 6.41 Å². The molecule has 24 heavy (non-hydrogen) atoms. The molecule has 1 unspecified atom stereocenters. The molecule has 1 aliphatic rings. The Morgan fingerprint density at radius 1 is 1.25 bits per heavy atom. The van der Waals surface area contributed by atoms with E-state index in [0.717, 1.165) is 60.5 Å². The molecule has 0 aliphatic carbocycles. The van der Waals surface area contributed by atoms with Crippen LogP contribution in [-0.4, -0.2) is 29.5 Å². The van der Waals surface area contributed by atoms with Crippen molar-refractivity contribution in [2.45, 2.75) is 32.3 Å². The minimum absolute atomic E-state index is 0.0282. The Morgan fingerprint density at radius 3 is 2.79 bits per heavy atom. The molecule has 0 bridgehead atoms. The number of hydrogen-bond acceptors (Lipinski definition) is 3. The average Bonchev–Trinajstić information content (AvgIpc) is 3.11. The van der Waals surface area contributed by atoms with Gasteiger partial charge in [0.15, 0.2) is 0 Å². The summed E-state index contributed by atoms with van der Waals surface area (Å²) in [6.07, 6.45) is 2.74. The van der Waals surface area contributed by atoms with E-state index in [1.165, 1.54) is 0 Å². The van der Waals surface area contributed by atoms with Gasteiger partial charge >= 0.3 is 0 Å². The summed E-state index contributed by atoms with van der Waals surface area (Å²) >= 11 is 0. The van der Waals surface area contributed by atoms with Gasteiger partial charge in [0.25, 0.3) is 0 Å². The predicted molar refractivity (Wildman–Crippen MR) is 93.3 cm³/mol. The molecular weight excluding hydrogens is 302 g/mol. The molecule has 4 heteroatoms. The van der Waals surface area contributed by atoms with Gasteiger partial charge < -0.3 is 14.7 Å². The normalized spacial score (nSPS) is 17.1. The number of rotatable bonds is 6. The summed E-state index contributed by atoms with van der Waals surface area (Å²) in [6.45, 7) is 3.57. The minimum Gasteiger partial charge on any atom is -0.457 e. The number of para-hydroxylation sites is 1. The Kier molecular flexibility index (Phi) is 5.16. The summed E-state index contributed by atoms with van der Waals surface area (Å²) in [4.78, 5) is 12.7. The Hall–Kier alpha value is -2.33. The van der Waals surface area contributed by atoms with E-state index >= 15 is 0 Å². The Bertz CT molecular complexity index is 714. The fourth-order valence-corrected chi connectivity index (χ4v) is 3.34. The molecule has 1 saturated heterocycles. The molecule has 1 amide bonds. The molecule has 0 saturated carbocycles. The maximum Gasteiger partial charge on any atom is 0.209 e. The third-order valence-corrected chi connectivity index (χ3v) is 4.67. The van der Waals surface area contributed by atoms with Crippen molar-refractivity contribution in [1.82, 2.24) is 4.90 Å². The van der Waals surface area contributed by atoms with E-state index in [2.05, 4.69) is 13.0 Å². The maximum atomic E-state index is 10.9. The van der Waals surface area contributed by atoms with E-state index in [-0.39, 0.29) is 12.5 Å². The molecule has 0 spiro atoms. The second-order valence-corrected chi connectivity index (χ2v) is 6.17. The second kappa shape index (κ2) is 7.49. The zero-order valence-corrected chi connectivity index (χ0v) is 13.9. The highest BCUT2D eigenvalue weighted by Gasteiger charge is 2.24. The lowest BCUT2D eigenvalue weighted by Gasteiger charge is -2.17. The summed E-state index contributed by atoms with van der Waals surface area (Å²) in [5.74, 6) is 1.87. The molecular formula is C20H23NO3. The number of aryl methyl sites for hydroxylation is 1. The number of carbonyl (C=O) groups is 1. The number of benzene rings is 2. The van der Waals surface area contributed by atoms with E-state index in [9.17, 15) is 9.90 Å². The third-order valence-electron chi connectivity index (χ3n) is 4.67. The van der Waals surface area contributed by atoms with E-state index in [1.807, 2.05) is 36.4 Å². The van der Waals surface area contributed by atoms with Crippen LogP contribution in [0.4, 0.5) is 0 Å². The molecule has 2 aromatic rings. The van der Waals surface area contributed by atoms with Crippen LogP contribution >= 0.6 is 0 Å². The Labute approximate surface area is 142 Å². The standard InChI is InChI=1S/C20H23NO3/c1-2-15-5-3-4-6-20(15)24-18-7-8-19(17(11-18)13-22)16-9-10-21(12-16)14-23/h3-8,11,14,16,22H,2,9-10,12-13H2,1H3. The summed E-state index contributed by atoms with van der Waals surface area (Å²) in [6, 6.07) is 13.9. The minimum atomic E-state index is -0.0282. The number of aliphatic hydroxyl groups is 1. The van der Waals surface area contributed by atoms with Crippen LogP contribution in [0.25, 0.3) is 0 Å². The largest absolute Gasteiger partial charge is 0.457 e.